The molecule has 15 nitrogen and oxygen atoms in total. The van der Waals surface area contributed by atoms with Crippen LogP contribution in [-0.2, 0) is 14.4 Å². The van der Waals surface area contributed by atoms with Crippen LogP contribution in [0, 0.1) is 11.7 Å². The summed E-state index contributed by atoms with van der Waals surface area (Å²) in [7, 11) is 2.75. The Morgan fingerprint density at radius 2 is 1.75 bits per heavy atom. The van der Waals surface area contributed by atoms with E-state index in [9.17, 15) is 28.0 Å². The summed E-state index contributed by atoms with van der Waals surface area (Å²) in [6.07, 6.45) is 4.88. The molecule has 0 spiro atoms. The number of alkyl halides is 2. The molecule has 7 rings (SSSR count). The number of hydrogen-bond acceptors (Lipinski definition) is 12. The lowest BCUT2D eigenvalue weighted by Crippen LogP contribution is -2.48. The number of hydrogen-bond donors (Lipinski definition) is 3. The molecule has 3 saturated heterocycles. The number of piperidine rings is 2. The Bertz CT molecular complexity index is 2070. The molecule has 4 amide bonds. The number of aromatic nitrogens is 2. The van der Waals surface area contributed by atoms with Gasteiger partial charge in [0, 0.05) is 64.3 Å². The average molecular weight is 821 g/mol. The first-order chi connectivity index (χ1) is 28.2. The maximum atomic E-state index is 15.2. The van der Waals surface area contributed by atoms with Gasteiger partial charge in [0.15, 0.2) is 5.82 Å². The molecule has 0 bridgehead atoms. The maximum absolute atomic E-state index is 15.2. The molecular weight excluding hydrogens is 770 g/mol. The minimum absolute atomic E-state index is 0.104. The minimum Gasteiger partial charge on any atom is -0.495 e. The van der Waals surface area contributed by atoms with Crippen molar-refractivity contribution in [3.63, 3.8) is 0 Å². The highest BCUT2D eigenvalue weighted by Crippen LogP contribution is 2.38. The van der Waals surface area contributed by atoms with Crippen molar-refractivity contribution in [1.29, 1.82) is 0 Å². The van der Waals surface area contributed by atoms with Crippen molar-refractivity contribution in [3.05, 3.63) is 59.5 Å². The molecule has 0 saturated carbocycles. The van der Waals surface area contributed by atoms with Crippen molar-refractivity contribution in [2.24, 2.45) is 5.92 Å². The first kappa shape index (κ1) is 41.7. The molecular formula is C41H51F3N10O5. The van der Waals surface area contributed by atoms with E-state index in [0.717, 1.165) is 43.8 Å². The van der Waals surface area contributed by atoms with E-state index in [1.54, 1.807) is 44.2 Å². The van der Waals surface area contributed by atoms with Gasteiger partial charge in [0.1, 0.15) is 17.3 Å². The second kappa shape index (κ2) is 17.4. The third kappa shape index (κ3) is 9.22. The van der Waals surface area contributed by atoms with Gasteiger partial charge in [-0.15, -0.1) is 0 Å². The third-order valence-corrected chi connectivity index (χ3v) is 11.8. The summed E-state index contributed by atoms with van der Waals surface area (Å²) in [6, 6.07) is 9.50. The number of halogens is 3. The number of fused-ring (bicyclic) bond motifs is 1. The number of methoxy groups -OCH3 is 1. The summed E-state index contributed by atoms with van der Waals surface area (Å²) in [6.45, 7) is 8.08. The highest BCUT2D eigenvalue weighted by atomic mass is 19.3. The largest absolute Gasteiger partial charge is 0.495 e. The zero-order chi connectivity index (χ0) is 42.0. The summed E-state index contributed by atoms with van der Waals surface area (Å²) in [4.78, 5) is 65.1. The Kier molecular flexibility index (Phi) is 12.3. The van der Waals surface area contributed by atoms with Gasteiger partial charge in [0.2, 0.25) is 17.8 Å². The van der Waals surface area contributed by atoms with Crippen LogP contribution < -0.4 is 35.5 Å². The van der Waals surface area contributed by atoms with Crippen LogP contribution in [0.2, 0.25) is 0 Å². The SMILES string of the molecule is COc1cc(C(=O)NN2CCC(CCN3CCN(c4ccc(C5CCC(=O)NC5=O)cc4F)CC3)CC2)ccc1Nc1ncc2c(n1)N(C(C)C)CC(F)(F)C(=O)N2C. The van der Waals surface area contributed by atoms with Crippen molar-refractivity contribution >= 4 is 52.5 Å². The third-order valence-electron chi connectivity index (χ3n) is 11.8. The fourth-order valence-corrected chi connectivity index (χ4v) is 8.20. The Balaban J connectivity index is 0.867. The standard InChI is InChI=1S/C41H51F3N10O5/c1-25(2)54-24-41(43,44)39(58)50(3)33-23-45-40(48-36(33)54)46-31-8-5-28(22-34(31)59-4)37(56)49-53-15-12-26(13-16-53)11-14-51-17-19-52(20-18-51)32-9-6-27(21-30(32)42)29-7-10-35(55)47-38(29)57/h5-6,8-9,21-23,25-26,29H,7,10-20,24H2,1-4H3,(H,49,56)(H,45,46,48)(H,47,55,57). The molecule has 3 N–H and O–H groups in total. The number of nitrogens with zero attached hydrogens (tertiary/aromatic N) is 7. The fourth-order valence-electron chi connectivity index (χ4n) is 8.20. The second-order valence-corrected chi connectivity index (χ2v) is 15.9. The Morgan fingerprint density at radius 1 is 1.00 bits per heavy atom. The molecule has 3 fully saturated rings. The van der Waals surface area contributed by atoms with Gasteiger partial charge in [-0.05, 0) is 87.9 Å². The molecule has 4 aliphatic heterocycles. The lowest BCUT2D eigenvalue weighted by molar-refractivity contribution is -0.140. The van der Waals surface area contributed by atoms with E-state index in [1.807, 2.05) is 9.91 Å². The lowest BCUT2D eigenvalue weighted by Gasteiger charge is -2.38. The Labute approximate surface area is 341 Å². The molecule has 59 heavy (non-hydrogen) atoms. The smallest absolute Gasteiger partial charge is 0.342 e. The first-order valence-electron chi connectivity index (χ1n) is 20.1. The fraction of sp³-hybridized carbons (Fsp3) is 0.512. The topological polar surface area (TPSA) is 156 Å². The quantitative estimate of drug-likeness (QED) is 0.237. The van der Waals surface area contributed by atoms with E-state index in [2.05, 4.69) is 30.9 Å². The van der Waals surface area contributed by atoms with Crippen molar-refractivity contribution in [2.45, 2.75) is 63.8 Å². The van der Waals surface area contributed by atoms with Gasteiger partial charge >= 0.3 is 5.92 Å². The lowest BCUT2D eigenvalue weighted by atomic mass is 9.90. The summed E-state index contributed by atoms with van der Waals surface area (Å²) >= 11 is 0. The number of carbonyl (C=O) groups excluding carboxylic acids is 4. The van der Waals surface area contributed by atoms with Gasteiger partial charge in [-0.25, -0.2) is 14.4 Å². The molecule has 0 aliphatic carbocycles. The number of nitrogens with one attached hydrogen (secondary N) is 3. The number of rotatable bonds is 11. The number of ether oxygens (including phenoxy) is 1. The van der Waals surface area contributed by atoms with Crippen LogP contribution in [-0.4, -0.2) is 122 Å². The van der Waals surface area contributed by atoms with E-state index in [4.69, 9.17) is 4.74 Å². The molecule has 18 heteroatoms. The van der Waals surface area contributed by atoms with Gasteiger partial charge in [0.25, 0.3) is 11.8 Å². The molecule has 1 atom stereocenters. The zero-order valence-corrected chi connectivity index (χ0v) is 33.8. The molecule has 3 aromatic rings. The molecule has 2 aromatic carbocycles. The predicted octanol–water partition coefficient (Wildman–Crippen LogP) is 4.28. The normalized spacial score (nSPS) is 20.6. The van der Waals surface area contributed by atoms with E-state index in [-0.39, 0.29) is 53.5 Å². The molecule has 1 aromatic heterocycles. The predicted molar refractivity (Wildman–Crippen MR) is 216 cm³/mol. The van der Waals surface area contributed by atoms with Crippen LogP contribution in [0.15, 0.2) is 42.6 Å². The average Bonchev–Trinajstić information content (AvgIpc) is 3.29. The number of hydrazine groups is 1. The molecule has 316 valence electrons. The van der Waals surface area contributed by atoms with Gasteiger partial charge < -0.3 is 24.8 Å². The van der Waals surface area contributed by atoms with Crippen molar-refractivity contribution in [2.75, 3.05) is 86.5 Å². The number of imide groups is 1. The van der Waals surface area contributed by atoms with Crippen LogP contribution in [0.5, 0.6) is 5.75 Å². The Hall–Kier alpha value is -5.49. The summed E-state index contributed by atoms with van der Waals surface area (Å²) in [5.41, 5.74) is 5.14. The second-order valence-electron chi connectivity index (χ2n) is 15.9. The summed E-state index contributed by atoms with van der Waals surface area (Å²) in [5.74, 6) is -5.59. The van der Waals surface area contributed by atoms with Crippen LogP contribution in [0.25, 0.3) is 0 Å². The van der Waals surface area contributed by atoms with Crippen molar-refractivity contribution < 1.29 is 37.1 Å². The zero-order valence-electron chi connectivity index (χ0n) is 33.8. The van der Waals surface area contributed by atoms with Crippen LogP contribution >= 0.6 is 0 Å². The summed E-state index contributed by atoms with van der Waals surface area (Å²) < 4.78 is 50.3. The maximum Gasteiger partial charge on any atom is 0.342 e. The number of amides is 4. The van der Waals surface area contributed by atoms with Crippen molar-refractivity contribution in [1.82, 2.24) is 30.6 Å². The van der Waals surface area contributed by atoms with E-state index < -0.39 is 24.3 Å². The minimum atomic E-state index is -3.61. The highest BCUT2D eigenvalue weighted by Gasteiger charge is 2.47. The molecule has 5 heterocycles. The molecule has 1 unspecified atom stereocenters. The van der Waals surface area contributed by atoms with Gasteiger partial charge in [-0.2, -0.15) is 13.8 Å². The monoisotopic (exact) mass is 820 g/mol. The van der Waals surface area contributed by atoms with Gasteiger partial charge in [-0.1, -0.05) is 6.07 Å². The number of anilines is 5. The number of carbonyl (C=O) groups is 4. The van der Waals surface area contributed by atoms with E-state index in [0.29, 0.717) is 66.8 Å². The highest BCUT2D eigenvalue weighted by molar-refractivity contribution is 6.02. The number of benzene rings is 2. The van der Waals surface area contributed by atoms with Gasteiger partial charge in [0.05, 0.1) is 37.1 Å². The van der Waals surface area contributed by atoms with Crippen molar-refractivity contribution in [3.8, 4) is 5.75 Å². The van der Waals surface area contributed by atoms with Gasteiger partial charge in [-0.3, -0.25) is 34.8 Å². The number of piperazine rings is 1. The van der Waals surface area contributed by atoms with E-state index in [1.165, 1.54) is 31.3 Å². The van der Waals surface area contributed by atoms with Crippen LogP contribution in [0.3, 0.4) is 0 Å². The van der Waals surface area contributed by atoms with Crippen LogP contribution in [0.1, 0.15) is 67.8 Å². The van der Waals surface area contributed by atoms with E-state index >= 15 is 4.39 Å². The van der Waals surface area contributed by atoms with Crippen LogP contribution in [0.4, 0.5) is 42.0 Å². The molecule has 4 aliphatic rings. The Morgan fingerprint density at radius 3 is 2.42 bits per heavy atom. The first-order valence-corrected chi connectivity index (χ1v) is 20.1. The summed E-state index contributed by atoms with van der Waals surface area (Å²) in [5, 5.41) is 7.34. The molecule has 0 radical (unpaired) electrons.